The van der Waals surface area contributed by atoms with E-state index in [0.29, 0.717) is 0 Å². The molecule has 0 aromatic carbocycles. The second-order valence-corrected chi connectivity index (χ2v) is 2.16. The molecule has 5 heteroatoms. The van der Waals surface area contributed by atoms with Crippen molar-refractivity contribution in [2.45, 2.75) is 13.3 Å². The first-order chi connectivity index (χ1) is 6.24. The number of rotatable bonds is 2. The summed E-state index contributed by atoms with van der Waals surface area (Å²) in [5.74, 6) is -1.45. The largest absolute Gasteiger partial charge is 0.457 e. The highest BCUT2D eigenvalue weighted by molar-refractivity contribution is 5.86. The number of hydrogen-bond acceptors (Lipinski definition) is 5. The molecule has 0 saturated heterocycles. The molecular weight excluding hydrogens is 176 g/mol. The monoisotopic (exact) mass is 184 g/mol. The highest BCUT2D eigenvalue weighted by Crippen LogP contribution is 2.02. The van der Waals surface area contributed by atoms with Crippen molar-refractivity contribution in [3.8, 4) is 0 Å². The van der Waals surface area contributed by atoms with Gasteiger partial charge in [-0.1, -0.05) is 6.92 Å². The van der Waals surface area contributed by atoms with Crippen molar-refractivity contribution in [1.29, 1.82) is 0 Å². The topological polar surface area (TPSA) is 65.7 Å². The van der Waals surface area contributed by atoms with Crippen LogP contribution >= 0.6 is 0 Å². The van der Waals surface area contributed by atoms with Crippen LogP contribution in [0.2, 0.25) is 0 Å². The van der Waals surface area contributed by atoms with E-state index >= 15 is 0 Å². The van der Waals surface area contributed by atoms with Crippen molar-refractivity contribution < 1.29 is 23.8 Å². The molecular formula is C8H8O5. The van der Waals surface area contributed by atoms with Crippen molar-refractivity contribution in [1.82, 2.24) is 0 Å². The fourth-order valence-corrected chi connectivity index (χ4v) is 0.579. The van der Waals surface area contributed by atoms with Gasteiger partial charge >= 0.3 is 11.9 Å². The molecule has 1 heterocycles. The van der Waals surface area contributed by atoms with E-state index < -0.39 is 11.9 Å². The maximum absolute atomic E-state index is 10.9. The second kappa shape index (κ2) is 4.30. The summed E-state index contributed by atoms with van der Waals surface area (Å²) in [6.45, 7) is 1.59. The SMILES string of the molecule is CCC(=O)OOC(=O)c1ccco1. The summed E-state index contributed by atoms with van der Waals surface area (Å²) in [6.07, 6.45) is 1.46. The van der Waals surface area contributed by atoms with Gasteiger partial charge in [0.2, 0.25) is 5.76 Å². The lowest BCUT2D eigenvalue weighted by Crippen LogP contribution is -2.09. The zero-order chi connectivity index (χ0) is 9.68. The second-order valence-electron chi connectivity index (χ2n) is 2.16. The number of carbonyl (C=O) groups is 2. The highest BCUT2D eigenvalue weighted by Gasteiger charge is 2.13. The normalized spacial score (nSPS) is 9.31. The van der Waals surface area contributed by atoms with Crippen LogP contribution in [0.1, 0.15) is 23.9 Å². The van der Waals surface area contributed by atoms with Gasteiger partial charge in [-0.25, -0.2) is 19.4 Å². The number of hydrogen-bond donors (Lipinski definition) is 0. The van der Waals surface area contributed by atoms with E-state index in [1.165, 1.54) is 18.4 Å². The van der Waals surface area contributed by atoms with Crippen molar-refractivity contribution in [3.05, 3.63) is 24.2 Å². The van der Waals surface area contributed by atoms with Crippen LogP contribution in [0.25, 0.3) is 0 Å². The average Bonchev–Trinajstić information content (AvgIpc) is 2.66. The first kappa shape index (κ1) is 9.31. The maximum atomic E-state index is 10.9. The van der Waals surface area contributed by atoms with Crippen LogP contribution in [0.15, 0.2) is 22.8 Å². The van der Waals surface area contributed by atoms with Crippen molar-refractivity contribution in [2.75, 3.05) is 0 Å². The van der Waals surface area contributed by atoms with Crippen molar-refractivity contribution >= 4 is 11.9 Å². The Bertz CT molecular complexity index is 287. The molecule has 5 nitrogen and oxygen atoms in total. The van der Waals surface area contributed by atoms with Crippen molar-refractivity contribution in [2.24, 2.45) is 0 Å². The van der Waals surface area contributed by atoms with E-state index in [0.717, 1.165) is 0 Å². The van der Waals surface area contributed by atoms with Gasteiger partial charge in [0.15, 0.2) is 0 Å². The first-order valence-corrected chi connectivity index (χ1v) is 3.69. The predicted octanol–water partition coefficient (Wildman–Crippen LogP) is 1.30. The van der Waals surface area contributed by atoms with Gasteiger partial charge in [-0.2, -0.15) is 0 Å². The Labute approximate surface area is 74.2 Å². The first-order valence-electron chi connectivity index (χ1n) is 3.69. The Kier molecular flexibility index (Phi) is 3.08. The molecule has 70 valence electrons. The standard InChI is InChI=1S/C8H8O5/c1-2-7(9)12-13-8(10)6-4-3-5-11-6/h3-5H,2H2,1H3. The fraction of sp³-hybridized carbons (Fsp3) is 0.250. The van der Waals surface area contributed by atoms with Crippen LogP contribution in [0, 0.1) is 0 Å². The van der Waals surface area contributed by atoms with Crippen LogP contribution in [-0.4, -0.2) is 11.9 Å². The summed E-state index contributed by atoms with van der Waals surface area (Å²) in [5, 5.41) is 0. The summed E-state index contributed by atoms with van der Waals surface area (Å²) in [4.78, 5) is 29.8. The summed E-state index contributed by atoms with van der Waals surface area (Å²) in [7, 11) is 0. The van der Waals surface area contributed by atoms with Gasteiger partial charge in [-0.3, -0.25) is 0 Å². The number of furan rings is 1. The molecule has 0 aliphatic heterocycles. The van der Waals surface area contributed by atoms with Crippen LogP contribution < -0.4 is 0 Å². The lowest BCUT2D eigenvalue weighted by Gasteiger charge is -1.98. The van der Waals surface area contributed by atoms with E-state index in [1.807, 2.05) is 0 Å². The third kappa shape index (κ3) is 2.62. The minimum Gasteiger partial charge on any atom is -0.457 e. The lowest BCUT2D eigenvalue weighted by molar-refractivity contribution is -0.234. The Morgan fingerprint density at radius 2 is 2.23 bits per heavy atom. The summed E-state index contributed by atoms with van der Waals surface area (Å²) in [6, 6.07) is 2.93. The summed E-state index contributed by atoms with van der Waals surface area (Å²) >= 11 is 0. The van der Waals surface area contributed by atoms with Gasteiger partial charge in [0.25, 0.3) is 0 Å². The van der Waals surface area contributed by atoms with Gasteiger partial charge in [0, 0.05) is 6.42 Å². The molecule has 0 N–H and O–H groups in total. The average molecular weight is 184 g/mol. The van der Waals surface area contributed by atoms with Gasteiger partial charge < -0.3 is 4.42 Å². The molecule has 0 aliphatic rings. The van der Waals surface area contributed by atoms with E-state index in [1.54, 1.807) is 6.92 Å². The molecule has 0 unspecified atom stereocenters. The molecule has 0 aliphatic carbocycles. The predicted molar refractivity (Wildman–Crippen MR) is 40.5 cm³/mol. The van der Waals surface area contributed by atoms with E-state index in [-0.39, 0.29) is 12.2 Å². The summed E-state index contributed by atoms with van der Waals surface area (Å²) in [5.41, 5.74) is 0. The van der Waals surface area contributed by atoms with Gasteiger partial charge in [-0.15, -0.1) is 0 Å². The van der Waals surface area contributed by atoms with Gasteiger partial charge in [0.1, 0.15) is 0 Å². The molecule has 0 amide bonds. The Balaban J connectivity index is 2.39. The van der Waals surface area contributed by atoms with E-state index in [9.17, 15) is 9.59 Å². The molecule has 0 radical (unpaired) electrons. The molecule has 13 heavy (non-hydrogen) atoms. The molecule has 0 spiro atoms. The molecule has 0 saturated carbocycles. The maximum Gasteiger partial charge on any atom is 0.421 e. The zero-order valence-electron chi connectivity index (χ0n) is 6.98. The lowest BCUT2D eigenvalue weighted by atomic mass is 10.5. The van der Waals surface area contributed by atoms with Crippen LogP contribution in [0.4, 0.5) is 0 Å². The van der Waals surface area contributed by atoms with Gasteiger partial charge in [0.05, 0.1) is 6.26 Å². The Morgan fingerprint density at radius 1 is 1.46 bits per heavy atom. The van der Waals surface area contributed by atoms with Crippen LogP contribution in [0.3, 0.4) is 0 Å². The molecule has 0 bridgehead atoms. The summed E-state index contributed by atoms with van der Waals surface area (Å²) < 4.78 is 4.70. The third-order valence-electron chi connectivity index (χ3n) is 1.22. The van der Waals surface area contributed by atoms with Crippen LogP contribution in [0.5, 0.6) is 0 Å². The van der Waals surface area contributed by atoms with Crippen molar-refractivity contribution in [3.63, 3.8) is 0 Å². The Morgan fingerprint density at radius 3 is 2.77 bits per heavy atom. The van der Waals surface area contributed by atoms with E-state index in [2.05, 4.69) is 9.78 Å². The molecule has 0 fully saturated rings. The van der Waals surface area contributed by atoms with Crippen LogP contribution in [-0.2, 0) is 14.6 Å². The smallest absolute Gasteiger partial charge is 0.421 e. The Hall–Kier alpha value is -1.78. The fourth-order valence-electron chi connectivity index (χ4n) is 0.579. The third-order valence-corrected chi connectivity index (χ3v) is 1.22. The molecule has 1 aromatic rings. The molecule has 1 aromatic heterocycles. The van der Waals surface area contributed by atoms with E-state index in [4.69, 9.17) is 4.42 Å². The minimum absolute atomic E-state index is 0.0103. The van der Waals surface area contributed by atoms with Gasteiger partial charge in [-0.05, 0) is 12.1 Å². The number of carbonyl (C=O) groups excluding carboxylic acids is 2. The molecule has 1 rings (SSSR count). The quantitative estimate of drug-likeness (QED) is 0.512. The zero-order valence-corrected chi connectivity index (χ0v) is 6.98. The highest BCUT2D eigenvalue weighted by atomic mass is 17.2. The molecule has 0 atom stereocenters. The minimum atomic E-state index is -0.827.